The maximum Gasteiger partial charge on any atom is 0.319 e. The molecular weight excluding hydrogens is 333 g/mol. The first-order valence-corrected chi connectivity index (χ1v) is 7.79. The zero-order chi connectivity index (χ0) is 17.1. The second-order valence-corrected chi connectivity index (χ2v) is 5.87. The van der Waals surface area contributed by atoms with Crippen molar-refractivity contribution in [3.63, 3.8) is 0 Å². The molecule has 1 fully saturated rings. The lowest BCUT2D eigenvalue weighted by molar-refractivity contribution is -0.117. The van der Waals surface area contributed by atoms with Crippen molar-refractivity contribution in [2.24, 2.45) is 0 Å². The summed E-state index contributed by atoms with van der Waals surface area (Å²) in [7, 11) is 0. The highest BCUT2D eigenvalue weighted by Gasteiger charge is 2.31. The quantitative estimate of drug-likeness (QED) is 0.893. The number of carbonyl (C=O) groups excluding carboxylic acids is 2. The van der Waals surface area contributed by atoms with Gasteiger partial charge in [0.25, 0.3) is 0 Å². The topological polar surface area (TPSA) is 61.4 Å². The highest BCUT2D eigenvalue weighted by atomic mass is 35.5. The summed E-state index contributed by atoms with van der Waals surface area (Å²) < 4.78 is 13.0. The molecule has 1 atom stereocenters. The third-order valence-electron chi connectivity index (χ3n) is 3.72. The third kappa shape index (κ3) is 3.65. The Morgan fingerprint density at radius 1 is 1.17 bits per heavy atom. The summed E-state index contributed by atoms with van der Waals surface area (Å²) in [5.41, 5.74) is 1.11. The van der Waals surface area contributed by atoms with Crippen LogP contribution < -0.4 is 15.5 Å². The van der Waals surface area contributed by atoms with Crippen molar-refractivity contribution in [1.82, 2.24) is 5.32 Å². The number of carbonyl (C=O) groups is 2. The van der Waals surface area contributed by atoms with Gasteiger partial charge in [-0.3, -0.25) is 4.79 Å². The molecular formula is C17H15ClFN3O2. The summed E-state index contributed by atoms with van der Waals surface area (Å²) in [4.78, 5) is 25.7. The monoisotopic (exact) mass is 347 g/mol. The predicted molar refractivity (Wildman–Crippen MR) is 90.8 cm³/mol. The number of rotatable bonds is 3. The van der Waals surface area contributed by atoms with E-state index < -0.39 is 6.03 Å². The molecule has 3 amide bonds. The van der Waals surface area contributed by atoms with Crippen molar-refractivity contribution >= 4 is 34.9 Å². The van der Waals surface area contributed by atoms with Gasteiger partial charge in [-0.2, -0.15) is 0 Å². The molecule has 124 valence electrons. The number of nitrogens with one attached hydrogen (secondary N) is 2. The van der Waals surface area contributed by atoms with E-state index in [0.717, 1.165) is 0 Å². The predicted octanol–water partition coefficient (Wildman–Crippen LogP) is 3.41. The molecule has 24 heavy (non-hydrogen) atoms. The molecule has 1 aliphatic heterocycles. The van der Waals surface area contributed by atoms with Crippen LogP contribution in [-0.4, -0.2) is 24.5 Å². The van der Waals surface area contributed by atoms with E-state index in [1.54, 1.807) is 36.4 Å². The lowest BCUT2D eigenvalue weighted by atomic mass is 10.2. The summed E-state index contributed by atoms with van der Waals surface area (Å²) in [6.07, 6.45) is 0.188. The van der Waals surface area contributed by atoms with Gasteiger partial charge < -0.3 is 15.5 Å². The Morgan fingerprint density at radius 2 is 1.88 bits per heavy atom. The number of anilines is 2. The molecule has 0 aromatic heterocycles. The number of urea groups is 1. The van der Waals surface area contributed by atoms with E-state index in [0.29, 0.717) is 22.9 Å². The van der Waals surface area contributed by atoms with Crippen LogP contribution in [-0.2, 0) is 4.79 Å². The largest absolute Gasteiger partial charge is 0.333 e. The first-order chi connectivity index (χ1) is 11.5. The van der Waals surface area contributed by atoms with Crippen molar-refractivity contribution in [2.75, 3.05) is 16.8 Å². The van der Waals surface area contributed by atoms with Crippen molar-refractivity contribution in [1.29, 1.82) is 0 Å². The molecule has 0 saturated carbocycles. The summed E-state index contributed by atoms with van der Waals surface area (Å²) in [6, 6.07) is 11.8. The number of benzene rings is 2. The first kappa shape index (κ1) is 16.3. The fourth-order valence-electron chi connectivity index (χ4n) is 2.58. The van der Waals surface area contributed by atoms with Crippen LogP contribution in [0.15, 0.2) is 48.5 Å². The van der Waals surface area contributed by atoms with Gasteiger partial charge in [-0.05, 0) is 36.4 Å². The van der Waals surface area contributed by atoms with Crippen LogP contribution >= 0.6 is 11.6 Å². The Bertz CT molecular complexity index is 767. The zero-order valence-electron chi connectivity index (χ0n) is 12.6. The van der Waals surface area contributed by atoms with Gasteiger partial charge in [0.1, 0.15) is 5.82 Å². The minimum absolute atomic E-state index is 0.121. The Hall–Kier alpha value is -2.60. The van der Waals surface area contributed by atoms with Crippen LogP contribution in [0.2, 0.25) is 5.02 Å². The highest BCUT2D eigenvalue weighted by molar-refractivity contribution is 6.33. The van der Waals surface area contributed by atoms with E-state index in [9.17, 15) is 14.0 Å². The molecule has 5 nitrogen and oxygen atoms in total. The molecule has 1 aliphatic rings. The van der Waals surface area contributed by atoms with Gasteiger partial charge in [0.05, 0.1) is 16.8 Å². The molecule has 0 spiro atoms. The molecule has 2 aromatic carbocycles. The van der Waals surface area contributed by atoms with Crippen LogP contribution in [0.4, 0.5) is 20.6 Å². The Kier molecular flexibility index (Phi) is 4.66. The molecule has 0 bridgehead atoms. The smallest absolute Gasteiger partial charge is 0.319 e. The zero-order valence-corrected chi connectivity index (χ0v) is 13.4. The van der Waals surface area contributed by atoms with Gasteiger partial charge in [-0.1, -0.05) is 23.7 Å². The van der Waals surface area contributed by atoms with E-state index in [2.05, 4.69) is 10.6 Å². The fraction of sp³-hybridized carbons (Fsp3) is 0.176. The Balaban J connectivity index is 1.61. The molecule has 7 heteroatoms. The molecule has 2 N–H and O–H groups in total. The molecule has 1 saturated heterocycles. The lowest BCUT2D eigenvalue weighted by Crippen LogP contribution is -2.39. The molecule has 0 radical (unpaired) electrons. The fourth-order valence-corrected chi connectivity index (χ4v) is 2.76. The SMILES string of the molecule is O=C(Nc1ccccc1Cl)N[C@@H]1CC(=O)N(c2ccc(F)cc2)C1. The number of hydrogen-bond acceptors (Lipinski definition) is 2. The highest BCUT2D eigenvalue weighted by Crippen LogP contribution is 2.23. The summed E-state index contributed by atoms with van der Waals surface area (Å²) >= 11 is 5.99. The van der Waals surface area contributed by atoms with E-state index in [-0.39, 0.29) is 24.2 Å². The average molecular weight is 348 g/mol. The number of nitrogens with zero attached hydrogens (tertiary/aromatic N) is 1. The Labute approximate surface area is 143 Å². The average Bonchev–Trinajstić information content (AvgIpc) is 2.90. The van der Waals surface area contributed by atoms with E-state index in [1.807, 2.05) is 0 Å². The van der Waals surface area contributed by atoms with Gasteiger partial charge in [0.15, 0.2) is 0 Å². The van der Waals surface area contributed by atoms with Crippen molar-refractivity contribution in [2.45, 2.75) is 12.5 Å². The maximum absolute atomic E-state index is 13.0. The lowest BCUT2D eigenvalue weighted by Gasteiger charge is -2.17. The molecule has 1 heterocycles. The summed E-state index contributed by atoms with van der Waals surface area (Å²) in [6.45, 7) is 0.334. The number of halogens is 2. The van der Waals surface area contributed by atoms with Gasteiger partial charge >= 0.3 is 6.03 Å². The third-order valence-corrected chi connectivity index (χ3v) is 4.05. The van der Waals surface area contributed by atoms with Crippen molar-refractivity contribution < 1.29 is 14.0 Å². The van der Waals surface area contributed by atoms with Crippen LogP contribution in [0.3, 0.4) is 0 Å². The number of para-hydroxylation sites is 1. The van der Waals surface area contributed by atoms with Crippen LogP contribution in [0, 0.1) is 5.82 Å². The van der Waals surface area contributed by atoms with Gasteiger partial charge in [-0.25, -0.2) is 9.18 Å². The Morgan fingerprint density at radius 3 is 2.58 bits per heavy atom. The second-order valence-electron chi connectivity index (χ2n) is 5.46. The van der Waals surface area contributed by atoms with Crippen LogP contribution in [0.25, 0.3) is 0 Å². The second kappa shape index (κ2) is 6.88. The summed E-state index contributed by atoms with van der Waals surface area (Å²) in [5.74, 6) is -0.483. The molecule has 3 rings (SSSR count). The van der Waals surface area contributed by atoms with Gasteiger partial charge in [0.2, 0.25) is 5.91 Å². The molecule has 0 unspecified atom stereocenters. The maximum atomic E-state index is 13.0. The number of amides is 3. The van der Waals surface area contributed by atoms with Crippen LogP contribution in [0.1, 0.15) is 6.42 Å². The first-order valence-electron chi connectivity index (χ1n) is 7.41. The summed E-state index contributed by atoms with van der Waals surface area (Å²) in [5, 5.41) is 5.84. The normalized spacial score (nSPS) is 17.0. The minimum Gasteiger partial charge on any atom is -0.333 e. The van der Waals surface area contributed by atoms with Gasteiger partial charge in [0, 0.05) is 18.7 Å². The van der Waals surface area contributed by atoms with E-state index in [1.165, 1.54) is 17.0 Å². The van der Waals surface area contributed by atoms with E-state index >= 15 is 0 Å². The van der Waals surface area contributed by atoms with Crippen LogP contribution in [0.5, 0.6) is 0 Å². The minimum atomic E-state index is -0.429. The van der Waals surface area contributed by atoms with Gasteiger partial charge in [-0.15, -0.1) is 0 Å². The van der Waals surface area contributed by atoms with E-state index in [4.69, 9.17) is 11.6 Å². The van der Waals surface area contributed by atoms with Crippen molar-refractivity contribution in [3.8, 4) is 0 Å². The molecule has 2 aromatic rings. The molecule has 0 aliphatic carbocycles. The number of hydrogen-bond donors (Lipinski definition) is 2. The van der Waals surface area contributed by atoms with Crippen molar-refractivity contribution in [3.05, 3.63) is 59.4 Å². The standard InChI is InChI=1S/C17H15ClFN3O2/c18-14-3-1-2-4-15(14)21-17(24)20-12-9-16(23)22(10-12)13-7-5-11(19)6-8-13/h1-8,12H,9-10H2,(H2,20,21,24)/t12-/m1/s1.